The minimum atomic E-state index is -0.185. The Bertz CT molecular complexity index is 527. The second kappa shape index (κ2) is 5.45. The van der Waals surface area contributed by atoms with Crippen molar-refractivity contribution in [3.63, 3.8) is 0 Å². The predicted octanol–water partition coefficient (Wildman–Crippen LogP) is 2.95. The molecule has 1 aliphatic heterocycles. The molecular weight excluding hydrogens is 241 g/mol. The SMILES string of the molecule is Fc1ccc(CN2CCC[C@@H]2c2cnccn2)cc1. The quantitative estimate of drug-likeness (QED) is 0.846. The molecule has 98 valence electrons. The number of rotatable bonds is 3. The maximum atomic E-state index is 12.9. The highest BCUT2D eigenvalue weighted by molar-refractivity contribution is 5.17. The lowest BCUT2D eigenvalue weighted by Crippen LogP contribution is -2.23. The maximum Gasteiger partial charge on any atom is 0.123 e. The average molecular weight is 257 g/mol. The van der Waals surface area contributed by atoms with Crippen LogP contribution in [0.5, 0.6) is 0 Å². The summed E-state index contributed by atoms with van der Waals surface area (Å²) < 4.78 is 12.9. The summed E-state index contributed by atoms with van der Waals surface area (Å²) in [5, 5.41) is 0. The molecule has 2 heterocycles. The first-order valence-electron chi connectivity index (χ1n) is 6.57. The van der Waals surface area contributed by atoms with Crippen molar-refractivity contribution in [2.24, 2.45) is 0 Å². The van der Waals surface area contributed by atoms with Gasteiger partial charge in [-0.1, -0.05) is 12.1 Å². The number of likely N-dealkylation sites (tertiary alicyclic amines) is 1. The van der Waals surface area contributed by atoms with Crippen LogP contribution in [0, 0.1) is 5.82 Å². The third-order valence-electron chi connectivity index (χ3n) is 3.59. The van der Waals surface area contributed by atoms with Gasteiger partial charge in [0, 0.05) is 25.1 Å². The van der Waals surface area contributed by atoms with Crippen molar-refractivity contribution < 1.29 is 4.39 Å². The van der Waals surface area contributed by atoms with E-state index in [9.17, 15) is 4.39 Å². The largest absolute Gasteiger partial charge is 0.290 e. The molecule has 1 fully saturated rings. The Morgan fingerprint density at radius 2 is 2.05 bits per heavy atom. The molecule has 1 atom stereocenters. The Morgan fingerprint density at radius 1 is 1.21 bits per heavy atom. The summed E-state index contributed by atoms with van der Waals surface area (Å²) >= 11 is 0. The Kier molecular flexibility index (Phi) is 3.51. The van der Waals surface area contributed by atoms with Gasteiger partial charge in [0.2, 0.25) is 0 Å². The van der Waals surface area contributed by atoms with E-state index in [4.69, 9.17) is 0 Å². The van der Waals surface area contributed by atoms with Gasteiger partial charge >= 0.3 is 0 Å². The van der Waals surface area contributed by atoms with Gasteiger partial charge in [0.05, 0.1) is 11.7 Å². The zero-order valence-corrected chi connectivity index (χ0v) is 10.7. The summed E-state index contributed by atoms with van der Waals surface area (Å²) in [6, 6.07) is 7.06. The Hall–Kier alpha value is -1.81. The van der Waals surface area contributed by atoms with E-state index in [-0.39, 0.29) is 5.82 Å². The van der Waals surface area contributed by atoms with Crippen LogP contribution in [0.4, 0.5) is 4.39 Å². The van der Waals surface area contributed by atoms with Crippen LogP contribution in [0.3, 0.4) is 0 Å². The van der Waals surface area contributed by atoms with E-state index in [2.05, 4.69) is 14.9 Å². The number of benzene rings is 1. The van der Waals surface area contributed by atoms with Crippen molar-refractivity contribution >= 4 is 0 Å². The molecule has 1 aromatic carbocycles. The molecule has 0 N–H and O–H groups in total. The third-order valence-corrected chi connectivity index (χ3v) is 3.59. The van der Waals surface area contributed by atoms with Gasteiger partial charge in [-0.25, -0.2) is 4.39 Å². The zero-order chi connectivity index (χ0) is 13.1. The highest BCUT2D eigenvalue weighted by Gasteiger charge is 2.26. The Labute approximate surface area is 112 Å². The summed E-state index contributed by atoms with van der Waals surface area (Å²) in [4.78, 5) is 10.9. The van der Waals surface area contributed by atoms with Crippen LogP contribution in [0.15, 0.2) is 42.9 Å². The van der Waals surface area contributed by atoms with E-state index < -0.39 is 0 Å². The summed E-state index contributed by atoms with van der Waals surface area (Å²) in [5.74, 6) is -0.185. The Morgan fingerprint density at radius 3 is 2.79 bits per heavy atom. The van der Waals surface area contributed by atoms with Gasteiger partial charge in [-0.15, -0.1) is 0 Å². The number of nitrogens with zero attached hydrogens (tertiary/aromatic N) is 3. The van der Waals surface area contributed by atoms with Gasteiger partial charge in [-0.2, -0.15) is 0 Å². The first-order valence-corrected chi connectivity index (χ1v) is 6.57. The van der Waals surface area contributed by atoms with Crippen LogP contribution in [-0.2, 0) is 6.54 Å². The van der Waals surface area contributed by atoms with Crippen molar-refractivity contribution in [2.75, 3.05) is 6.54 Å². The molecule has 0 spiro atoms. The third kappa shape index (κ3) is 2.79. The van der Waals surface area contributed by atoms with Crippen LogP contribution < -0.4 is 0 Å². The lowest BCUT2D eigenvalue weighted by molar-refractivity contribution is 0.244. The van der Waals surface area contributed by atoms with E-state index in [1.807, 2.05) is 18.3 Å². The normalized spacial score (nSPS) is 19.7. The minimum Gasteiger partial charge on any atom is -0.290 e. The summed E-state index contributed by atoms with van der Waals surface area (Å²) in [5.41, 5.74) is 2.17. The van der Waals surface area contributed by atoms with Crippen LogP contribution in [0.2, 0.25) is 0 Å². The Balaban J connectivity index is 1.75. The molecule has 0 amide bonds. The lowest BCUT2D eigenvalue weighted by atomic mass is 10.1. The predicted molar refractivity (Wildman–Crippen MR) is 70.8 cm³/mol. The average Bonchev–Trinajstić information content (AvgIpc) is 2.90. The molecule has 0 aliphatic carbocycles. The van der Waals surface area contributed by atoms with Gasteiger partial charge in [0.1, 0.15) is 5.82 Å². The van der Waals surface area contributed by atoms with Crippen LogP contribution in [0.25, 0.3) is 0 Å². The second-order valence-corrected chi connectivity index (χ2v) is 4.89. The number of hydrogen-bond acceptors (Lipinski definition) is 3. The van der Waals surface area contributed by atoms with Crippen molar-refractivity contribution in [3.8, 4) is 0 Å². The van der Waals surface area contributed by atoms with E-state index in [0.29, 0.717) is 6.04 Å². The monoisotopic (exact) mass is 257 g/mol. The molecule has 0 bridgehead atoms. The lowest BCUT2D eigenvalue weighted by Gasteiger charge is -2.23. The highest BCUT2D eigenvalue weighted by atomic mass is 19.1. The molecule has 1 aromatic heterocycles. The molecular formula is C15H16FN3. The fourth-order valence-corrected chi connectivity index (χ4v) is 2.66. The van der Waals surface area contributed by atoms with Crippen molar-refractivity contribution in [1.82, 2.24) is 14.9 Å². The standard InChI is InChI=1S/C15H16FN3/c16-13-5-3-12(4-6-13)11-19-9-1-2-15(19)14-10-17-7-8-18-14/h3-8,10,15H,1-2,9,11H2/t15-/m1/s1. The summed E-state index contributed by atoms with van der Waals surface area (Å²) in [7, 11) is 0. The highest BCUT2D eigenvalue weighted by Crippen LogP contribution is 2.31. The van der Waals surface area contributed by atoms with Gasteiger partial charge < -0.3 is 0 Å². The summed E-state index contributed by atoms with van der Waals surface area (Å²) in [6.07, 6.45) is 7.56. The number of aromatic nitrogens is 2. The van der Waals surface area contributed by atoms with Gasteiger partial charge in [-0.05, 0) is 37.1 Å². The van der Waals surface area contributed by atoms with Crippen LogP contribution in [-0.4, -0.2) is 21.4 Å². The maximum absolute atomic E-state index is 12.9. The van der Waals surface area contributed by atoms with E-state index >= 15 is 0 Å². The molecule has 0 saturated carbocycles. The topological polar surface area (TPSA) is 29.0 Å². The number of halogens is 1. The molecule has 3 rings (SSSR count). The van der Waals surface area contributed by atoms with Gasteiger partial charge in [0.25, 0.3) is 0 Å². The fraction of sp³-hybridized carbons (Fsp3) is 0.333. The minimum absolute atomic E-state index is 0.185. The molecule has 4 heteroatoms. The van der Waals surface area contributed by atoms with E-state index in [1.165, 1.54) is 18.6 Å². The van der Waals surface area contributed by atoms with Crippen molar-refractivity contribution in [3.05, 3.63) is 59.9 Å². The van der Waals surface area contributed by atoms with E-state index in [0.717, 1.165) is 30.8 Å². The first kappa shape index (κ1) is 12.2. The summed E-state index contributed by atoms with van der Waals surface area (Å²) in [6.45, 7) is 1.89. The van der Waals surface area contributed by atoms with Crippen molar-refractivity contribution in [2.45, 2.75) is 25.4 Å². The second-order valence-electron chi connectivity index (χ2n) is 4.89. The van der Waals surface area contributed by atoms with Gasteiger partial charge in [0.15, 0.2) is 0 Å². The van der Waals surface area contributed by atoms with Crippen LogP contribution in [0.1, 0.15) is 30.1 Å². The molecule has 0 radical (unpaired) electrons. The molecule has 19 heavy (non-hydrogen) atoms. The van der Waals surface area contributed by atoms with E-state index in [1.54, 1.807) is 12.4 Å². The fourth-order valence-electron chi connectivity index (χ4n) is 2.66. The number of hydrogen-bond donors (Lipinski definition) is 0. The molecule has 1 saturated heterocycles. The smallest absolute Gasteiger partial charge is 0.123 e. The first-order chi connectivity index (χ1) is 9.33. The van der Waals surface area contributed by atoms with Crippen molar-refractivity contribution in [1.29, 1.82) is 0 Å². The molecule has 1 aliphatic rings. The molecule has 3 nitrogen and oxygen atoms in total. The van der Waals surface area contributed by atoms with Gasteiger partial charge in [-0.3, -0.25) is 14.9 Å². The van der Waals surface area contributed by atoms with Crippen LogP contribution >= 0.6 is 0 Å². The molecule has 0 unspecified atom stereocenters. The zero-order valence-electron chi connectivity index (χ0n) is 10.7. The molecule has 2 aromatic rings.